The van der Waals surface area contributed by atoms with E-state index in [0.29, 0.717) is 30.1 Å². The maximum Gasteiger partial charge on any atom is 0.253 e. The predicted octanol–water partition coefficient (Wildman–Crippen LogP) is 0.927. The number of ether oxygens (including phenoxy) is 1. The van der Waals surface area contributed by atoms with Crippen molar-refractivity contribution in [2.75, 3.05) is 26.2 Å². The van der Waals surface area contributed by atoms with Crippen molar-refractivity contribution in [2.45, 2.75) is 23.6 Å². The molecular weight excluding hydrogens is 414 g/mol. The number of fused-ring (bicyclic) bond motifs is 3. The van der Waals surface area contributed by atoms with Crippen LogP contribution in [0.1, 0.15) is 15.9 Å². The smallest absolute Gasteiger partial charge is 0.253 e. The molecular formula is C22H25N5O3S. The van der Waals surface area contributed by atoms with Gasteiger partial charge in [-0.2, -0.15) is 0 Å². The molecule has 8 nitrogen and oxygen atoms in total. The third kappa shape index (κ3) is 4.09. The van der Waals surface area contributed by atoms with Gasteiger partial charge in [0.2, 0.25) is 0 Å². The Bertz CT molecular complexity index is 1190. The quantitative estimate of drug-likeness (QED) is 0.578. The maximum atomic E-state index is 13.5. The third-order valence-corrected chi connectivity index (χ3v) is 7.90. The highest BCUT2D eigenvalue weighted by Crippen LogP contribution is 2.23. The van der Waals surface area contributed by atoms with Crippen molar-refractivity contribution in [1.29, 1.82) is 0 Å². The van der Waals surface area contributed by atoms with Gasteiger partial charge >= 0.3 is 0 Å². The number of carbonyl (C=O) groups excluding carboxylic acids is 1. The molecule has 2 aliphatic heterocycles. The highest BCUT2D eigenvalue weighted by Gasteiger charge is 2.34. The molecule has 9 heteroatoms. The molecule has 3 aromatic rings. The number of hydrogen-bond acceptors (Lipinski definition) is 5. The number of nitrogens with zero attached hydrogens (tertiary/aromatic N) is 3. The number of pyridine rings is 1. The Morgan fingerprint density at radius 2 is 1.94 bits per heavy atom. The fourth-order valence-corrected chi connectivity index (χ4v) is 5.74. The molecule has 1 amide bonds. The van der Waals surface area contributed by atoms with E-state index in [1.165, 1.54) is 0 Å². The first-order valence-corrected chi connectivity index (χ1v) is 12.0. The lowest BCUT2D eigenvalue weighted by Gasteiger charge is -2.42. The van der Waals surface area contributed by atoms with Crippen molar-refractivity contribution in [3.8, 4) is 0 Å². The van der Waals surface area contributed by atoms with Gasteiger partial charge in [-0.15, -0.1) is 0 Å². The molecule has 0 saturated carbocycles. The molecule has 2 bridgehead atoms. The molecule has 0 aliphatic carbocycles. The summed E-state index contributed by atoms with van der Waals surface area (Å²) in [5, 5.41) is 6.27. The van der Waals surface area contributed by atoms with Crippen molar-refractivity contribution >= 4 is 27.1 Å². The van der Waals surface area contributed by atoms with Gasteiger partial charge in [-0.05, 0) is 35.7 Å². The minimum absolute atomic E-state index is 0.0473. The van der Waals surface area contributed by atoms with Crippen LogP contribution in [0.3, 0.4) is 0 Å². The third-order valence-electron chi connectivity index (χ3n) is 5.76. The Labute approximate surface area is 181 Å². The minimum atomic E-state index is -2.58. The Hall–Kier alpha value is -2.72. The molecule has 3 atom stereocenters. The van der Waals surface area contributed by atoms with Crippen LogP contribution < -0.4 is 10.6 Å². The molecule has 0 radical (unpaired) electrons. The number of rotatable bonds is 5. The molecule has 2 fully saturated rings. The summed E-state index contributed by atoms with van der Waals surface area (Å²) in [5.41, 5.74) is 2.29. The lowest BCUT2D eigenvalue weighted by atomic mass is 10.2. The van der Waals surface area contributed by atoms with Gasteiger partial charge in [0.05, 0.1) is 27.5 Å². The van der Waals surface area contributed by atoms with Crippen LogP contribution >= 0.6 is 0 Å². The largest absolute Gasteiger partial charge is 0.370 e. The topological polar surface area (TPSA) is 88.0 Å². The molecule has 31 heavy (non-hydrogen) atoms. The van der Waals surface area contributed by atoms with Gasteiger partial charge < -0.3 is 19.8 Å². The molecule has 2 saturated heterocycles. The Morgan fingerprint density at radius 1 is 1.19 bits per heavy atom. The predicted molar refractivity (Wildman–Crippen MR) is 119 cm³/mol. The standard InChI is InChI=1S/C22H25N5O3S/c1-31(29,27-14-18-11-23-12-19(15-27)30-18)20-5-2-16(3-6-20)10-25-22(28)17-4-7-21-24-8-9-26(21)13-17/h2-9,13,18-19,23H,1,10-12,14-15H2,(H,25,28). The Kier molecular flexibility index (Phi) is 5.27. The van der Waals surface area contributed by atoms with E-state index in [9.17, 15) is 9.00 Å². The number of amides is 1. The second kappa shape index (κ2) is 8.08. The fraction of sp³-hybridized carbons (Fsp3) is 0.318. The van der Waals surface area contributed by atoms with Crippen molar-refractivity contribution in [1.82, 2.24) is 24.3 Å². The Morgan fingerprint density at radius 3 is 2.68 bits per heavy atom. The first-order valence-electron chi connectivity index (χ1n) is 10.3. The zero-order valence-electron chi connectivity index (χ0n) is 17.1. The molecule has 5 rings (SSSR count). The van der Waals surface area contributed by atoms with Crippen LogP contribution in [-0.2, 0) is 21.0 Å². The number of nitrogens with one attached hydrogen (secondary N) is 2. The van der Waals surface area contributed by atoms with Crippen LogP contribution in [0.5, 0.6) is 0 Å². The maximum absolute atomic E-state index is 13.5. The van der Waals surface area contributed by atoms with Gasteiger partial charge in [0.1, 0.15) is 5.65 Å². The average molecular weight is 440 g/mol. The highest BCUT2D eigenvalue weighted by molar-refractivity contribution is 7.98. The van der Waals surface area contributed by atoms with Gasteiger partial charge in [-0.25, -0.2) is 13.5 Å². The number of carbonyl (C=O) groups is 1. The average Bonchev–Trinajstić information content (AvgIpc) is 3.25. The van der Waals surface area contributed by atoms with E-state index in [1.54, 1.807) is 24.7 Å². The number of aromatic nitrogens is 2. The summed E-state index contributed by atoms with van der Waals surface area (Å²) in [4.78, 5) is 17.4. The van der Waals surface area contributed by atoms with Crippen LogP contribution in [0.15, 0.2) is 59.9 Å². The number of benzene rings is 1. The normalized spacial score (nSPS) is 23.4. The Balaban J connectivity index is 1.23. The fourth-order valence-electron chi connectivity index (χ4n) is 4.07. The van der Waals surface area contributed by atoms with Gasteiger partial charge in [0.25, 0.3) is 5.91 Å². The van der Waals surface area contributed by atoms with Crippen LogP contribution in [-0.4, -0.2) is 68.1 Å². The summed E-state index contributed by atoms with van der Waals surface area (Å²) in [6.45, 7) is 3.13. The van der Waals surface area contributed by atoms with Crippen molar-refractivity contribution in [3.63, 3.8) is 0 Å². The highest BCUT2D eigenvalue weighted by atomic mass is 32.2. The number of imidazole rings is 1. The SMILES string of the molecule is C=S(=O)(c1ccc(CNC(=O)c2ccc3nccn3c2)cc1)N1CC2CNCC(C1)O2. The van der Waals surface area contributed by atoms with Gasteiger partial charge in [-0.3, -0.25) is 4.79 Å². The van der Waals surface area contributed by atoms with Crippen LogP contribution in [0.25, 0.3) is 5.65 Å². The molecule has 2 N–H and O–H groups in total. The number of hydrogen-bond donors (Lipinski definition) is 2. The van der Waals surface area contributed by atoms with Crippen molar-refractivity contribution < 1.29 is 13.7 Å². The molecule has 4 heterocycles. The summed E-state index contributed by atoms with van der Waals surface area (Å²) in [5.74, 6) is 3.90. The van der Waals surface area contributed by atoms with Crippen LogP contribution in [0.2, 0.25) is 0 Å². The zero-order chi connectivity index (χ0) is 21.4. The molecule has 162 valence electrons. The summed E-state index contributed by atoms with van der Waals surface area (Å²) in [7, 11) is -2.58. The molecule has 0 spiro atoms. The lowest BCUT2D eigenvalue weighted by Crippen LogP contribution is -2.59. The first-order chi connectivity index (χ1) is 15.0. The summed E-state index contributed by atoms with van der Waals surface area (Å²) < 4.78 is 23.2. The van der Waals surface area contributed by atoms with E-state index in [0.717, 1.165) is 24.3 Å². The second-order valence-corrected chi connectivity index (χ2v) is 10.2. The second-order valence-electron chi connectivity index (χ2n) is 7.96. The van der Waals surface area contributed by atoms with Crippen molar-refractivity contribution in [2.24, 2.45) is 0 Å². The van der Waals surface area contributed by atoms with E-state index in [-0.39, 0.29) is 18.1 Å². The molecule has 3 unspecified atom stereocenters. The monoisotopic (exact) mass is 439 g/mol. The van der Waals surface area contributed by atoms with Crippen molar-refractivity contribution in [3.05, 3.63) is 66.1 Å². The lowest BCUT2D eigenvalue weighted by molar-refractivity contribution is -0.0815. The summed E-state index contributed by atoms with van der Waals surface area (Å²) in [6, 6.07) is 11.0. The van der Waals surface area contributed by atoms with E-state index in [4.69, 9.17) is 4.74 Å². The first kappa shape index (κ1) is 20.2. The van der Waals surface area contributed by atoms with Gasteiger partial charge in [0, 0.05) is 56.2 Å². The summed E-state index contributed by atoms with van der Waals surface area (Å²) >= 11 is 0. The van der Waals surface area contributed by atoms with Crippen LogP contribution in [0.4, 0.5) is 0 Å². The number of morpholine rings is 2. The minimum Gasteiger partial charge on any atom is -0.370 e. The van der Waals surface area contributed by atoms with E-state index < -0.39 is 9.71 Å². The van der Waals surface area contributed by atoms with E-state index in [2.05, 4.69) is 21.5 Å². The summed E-state index contributed by atoms with van der Waals surface area (Å²) in [6.07, 6.45) is 5.35. The van der Waals surface area contributed by atoms with E-state index >= 15 is 0 Å². The molecule has 2 aromatic heterocycles. The van der Waals surface area contributed by atoms with E-state index in [1.807, 2.05) is 39.0 Å². The van der Waals surface area contributed by atoms with Gasteiger partial charge in [-0.1, -0.05) is 12.1 Å². The van der Waals surface area contributed by atoms with Gasteiger partial charge in [0.15, 0.2) is 0 Å². The van der Waals surface area contributed by atoms with Crippen LogP contribution in [0, 0.1) is 0 Å². The molecule has 2 aliphatic rings. The zero-order valence-corrected chi connectivity index (χ0v) is 17.9. The molecule has 1 aromatic carbocycles.